The summed E-state index contributed by atoms with van der Waals surface area (Å²) < 4.78 is 0. The standard InChI is InChI=1S/C14H19NO/c16-12-14-8-4-3-7-13(14)11-15-9-5-1-2-6-10-15/h3-4,7-8,12H,1-2,5-6,9-11H2. The van der Waals surface area contributed by atoms with Crippen LogP contribution in [0.2, 0.25) is 0 Å². The number of likely N-dealkylation sites (tertiary alicyclic amines) is 1. The highest BCUT2D eigenvalue weighted by molar-refractivity contribution is 5.77. The van der Waals surface area contributed by atoms with Gasteiger partial charge in [-0.05, 0) is 31.5 Å². The summed E-state index contributed by atoms with van der Waals surface area (Å²) >= 11 is 0. The molecule has 1 aliphatic heterocycles. The molecule has 0 spiro atoms. The van der Waals surface area contributed by atoms with E-state index < -0.39 is 0 Å². The smallest absolute Gasteiger partial charge is 0.150 e. The average Bonchev–Trinajstić information content (AvgIpc) is 2.58. The van der Waals surface area contributed by atoms with Gasteiger partial charge < -0.3 is 0 Å². The number of carbonyl (C=O) groups is 1. The van der Waals surface area contributed by atoms with Gasteiger partial charge >= 0.3 is 0 Å². The highest BCUT2D eigenvalue weighted by Crippen LogP contribution is 2.15. The van der Waals surface area contributed by atoms with Crippen LogP contribution < -0.4 is 0 Å². The lowest BCUT2D eigenvalue weighted by Crippen LogP contribution is -2.24. The molecule has 0 aromatic heterocycles. The number of rotatable bonds is 3. The van der Waals surface area contributed by atoms with Gasteiger partial charge in [0.25, 0.3) is 0 Å². The molecule has 86 valence electrons. The Morgan fingerprint density at radius 2 is 1.75 bits per heavy atom. The van der Waals surface area contributed by atoms with Crippen LogP contribution >= 0.6 is 0 Å². The van der Waals surface area contributed by atoms with E-state index in [1.54, 1.807) is 0 Å². The van der Waals surface area contributed by atoms with E-state index in [1.807, 2.05) is 18.2 Å². The molecule has 0 saturated carbocycles. The molecule has 0 amide bonds. The van der Waals surface area contributed by atoms with Crippen LogP contribution in [-0.2, 0) is 6.54 Å². The van der Waals surface area contributed by atoms with E-state index in [0.29, 0.717) is 0 Å². The number of hydrogen-bond donors (Lipinski definition) is 0. The summed E-state index contributed by atoms with van der Waals surface area (Å²) in [4.78, 5) is 13.4. The van der Waals surface area contributed by atoms with Crippen molar-refractivity contribution in [1.82, 2.24) is 4.90 Å². The lowest BCUT2D eigenvalue weighted by atomic mass is 10.1. The van der Waals surface area contributed by atoms with E-state index in [-0.39, 0.29) is 0 Å². The van der Waals surface area contributed by atoms with Gasteiger partial charge in [0.15, 0.2) is 0 Å². The van der Waals surface area contributed by atoms with E-state index in [1.165, 1.54) is 44.3 Å². The topological polar surface area (TPSA) is 20.3 Å². The molecular formula is C14H19NO. The van der Waals surface area contributed by atoms with Gasteiger partial charge in [0, 0.05) is 12.1 Å². The van der Waals surface area contributed by atoms with Gasteiger partial charge in [0.1, 0.15) is 6.29 Å². The molecule has 0 radical (unpaired) electrons. The van der Waals surface area contributed by atoms with Crippen molar-refractivity contribution in [3.8, 4) is 0 Å². The number of hydrogen-bond acceptors (Lipinski definition) is 2. The lowest BCUT2D eigenvalue weighted by molar-refractivity contribution is 0.112. The van der Waals surface area contributed by atoms with Crippen molar-refractivity contribution in [1.29, 1.82) is 0 Å². The van der Waals surface area contributed by atoms with Crippen LogP contribution in [0.5, 0.6) is 0 Å². The number of benzene rings is 1. The molecule has 2 heteroatoms. The largest absolute Gasteiger partial charge is 0.299 e. The second-order valence-corrected chi connectivity index (χ2v) is 4.51. The van der Waals surface area contributed by atoms with E-state index in [4.69, 9.17) is 0 Å². The van der Waals surface area contributed by atoms with Crippen molar-refractivity contribution in [2.24, 2.45) is 0 Å². The average molecular weight is 217 g/mol. The molecule has 2 rings (SSSR count). The maximum atomic E-state index is 10.9. The maximum Gasteiger partial charge on any atom is 0.150 e. The third-order valence-corrected chi connectivity index (χ3v) is 3.27. The Morgan fingerprint density at radius 3 is 2.44 bits per heavy atom. The number of nitrogens with zero attached hydrogens (tertiary/aromatic N) is 1. The van der Waals surface area contributed by atoms with Crippen molar-refractivity contribution in [2.75, 3.05) is 13.1 Å². The summed E-state index contributed by atoms with van der Waals surface area (Å²) in [5.41, 5.74) is 2.01. The van der Waals surface area contributed by atoms with Crippen molar-refractivity contribution in [3.63, 3.8) is 0 Å². The van der Waals surface area contributed by atoms with Crippen molar-refractivity contribution >= 4 is 6.29 Å². The molecule has 1 heterocycles. The Morgan fingerprint density at radius 1 is 1.06 bits per heavy atom. The SMILES string of the molecule is O=Cc1ccccc1CN1CCCCCC1. The predicted molar refractivity (Wildman–Crippen MR) is 65.6 cm³/mol. The van der Waals surface area contributed by atoms with Crippen molar-refractivity contribution < 1.29 is 4.79 Å². The molecule has 0 bridgehead atoms. The summed E-state index contributed by atoms with van der Waals surface area (Å²) in [6.45, 7) is 3.27. The summed E-state index contributed by atoms with van der Waals surface area (Å²) in [5, 5.41) is 0. The molecule has 0 aliphatic carbocycles. The Labute approximate surface area is 97.3 Å². The van der Waals surface area contributed by atoms with Gasteiger partial charge in [-0.25, -0.2) is 0 Å². The summed E-state index contributed by atoms with van der Waals surface area (Å²) in [6.07, 6.45) is 6.26. The van der Waals surface area contributed by atoms with E-state index in [0.717, 1.165) is 18.4 Å². The first-order valence-corrected chi connectivity index (χ1v) is 6.15. The second kappa shape index (κ2) is 5.80. The first-order valence-electron chi connectivity index (χ1n) is 6.15. The fourth-order valence-corrected chi connectivity index (χ4v) is 2.33. The fourth-order valence-electron chi connectivity index (χ4n) is 2.33. The molecule has 1 saturated heterocycles. The molecule has 0 N–H and O–H groups in total. The van der Waals surface area contributed by atoms with Crippen LogP contribution in [0.25, 0.3) is 0 Å². The molecule has 1 aromatic carbocycles. The van der Waals surface area contributed by atoms with Crippen LogP contribution in [0.3, 0.4) is 0 Å². The van der Waals surface area contributed by atoms with E-state index in [2.05, 4.69) is 11.0 Å². The zero-order valence-corrected chi connectivity index (χ0v) is 9.69. The Kier molecular flexibility index (Phi) is 4.11. The quantitative estimate of drug-likeness (QED) is 0.726. The summed E-state index contributed by atoms with van der Waals surface area (Å²) in [5.74, 6) is 0. The fraction of sp³-hybridized carbons (Fsp3) is 0.500. The van der Waals surface area contributed by atoms with Gasteiger partial charge in [-0.2, -0.15) is 0 Å². The molecule has 16 heavy (non-hydrogen) atoms. The Balaban J connectivity index is 2.04. The van der Waals surface area contributed by atoms with Gasteiger partial charge in [-0.15, -0.1) is 0 Å². The number of aldehydes is 1. The molecule has 0 atom stereocenters. The summed E-state index contributed by atoms with van der Waals surface area (Å²) in [6, 6.07) is 7.91. The second-order valence-electron chi connectivity index (χ2n) is 4.51. The van der Waals surface area contributed by atoms with E-state index in [9.17, 15) is 4.79 Å². The van der Waals surface area contributed by atoms with Gasteiger partial charge in [-0.3, -0.25) is 9.69 Å². The first-order chi connectivity index (χ1) is 7.90. The highest BCUT2D eigenvalue weighted by Gasteiger charge is 2.10. The minimum absolute atomic E-state index is 0.840. The molecule has 1 aliphatic rings. The molecule has 0 unspecified atom stereocenters. The highest BCUT2D eigenvalue weighted by atomic mass is 16.1. The lowest BCUT2D eigenvalue weighted by Gasteiger charge is -2.20. The zero-order valence-electron chi connectivity index (χ0n) is 9.69. The predicted octanol–water partition coefficient (Wildman–Crippen LogP) is 2.88. The Bertz CT molecular complexity index is 340. The van der Waals surface area contributed by atoms with Gasteiger partial charge in [-0.1, -0.05) is 37.1 Å². The number of carbonyl (C=O) groups excluding carboxylic acids is 1. The zero-order chi connectivity index (χ0) is 11.2. The molecular weight excluding hydrogens is 198 g/mol. The normalized spacial score (nSPS) is 18.0. The third-order valence-electron chi connectivity index (χ3n) is 3.27. The monoisotopic (exact) mass is 217 g/mol. The molecule has 1 aromatic rings. The van der Waals surface area contributed by atoms with Gasteiger partial charge in [0.05, 0.1) is 0 Å². The molecule has 2 nitrogen and oxygen atoms in total. The van der Waals surface area contributed by atoms with Crippen LogP contribution in [0.1, 0.15) is 41.6 Å². The van der Waals surface area contributed by atoms with Crippen LogP contribution in [0, 0.1) is 0 Å². The van der Waals surface area contributed by atoms with Crippen LogP contribution in [0.4, 0.5) is 0 Å². The van der Waals surface area contributed by atoms with E-state index >= 15 is 0 Å². The minimum atomic E-state index is 0.840. The van der Waals surface area contributed by atoms with Crippen molar-refractivity contribution in [2.45, 2.75) is 32.2 Å². The summed E-state index contributed by atoms with van der Waals surface area (Å²) in [7, 11) is 0. The van der Waals surface area contributed by atoms with Crippen molar-refractivity contribution in [3.05, 3.63) is 35.4 Å². The first kappa shape index (κ1) is 11.3. The van der Waals surface area contributed by atoms with Crippen LogP contribution in [-0.4, -0.2) is 24.3 Å². The Hall–Kier alpha value is -1.15. The minimum Gasteiger partial charge on any atom is -0.299 e. The van der Waals surface area contributed by atoms with Gasteiger partial charge in [0.2, 0.25) is 0 Å². The van der Waals surface area contributed by atoms with Crippen LogP contribution in [0.15, 0.2) is 24.3 Å². The third kappa shape index (κ3) is 2.92. The molecule has 1 fully saturated rings. The maximum absolute atomic E-state index is 10.9.